The quantitative estimate of drug-likeness (QED) is 0.880. The number of aromatic nitrogens is 1. The topological polar surface area (TPSA) is 68.0 Å². The zero-order valence-corrected chi connectivity index (χ0v) is 11.6. The van der Waals surface area contributed by atoms with E-state index < -0.39 is 0 Å². The fourth-order valence-corrected chi connectivity index (χ4v) is 3.20. The van der Waals surface area contributed by atoms with E-state index >= 15 is 0 Å². The van der Waals surface area contributed by atoms with E-state index in [4.69, 9.17) is 5.73 Å². The van der Waals surface area contributed by atoms with E-state index in [-0.39, 0.29) is 17.5 Å². The SMILES string of the molecule is CC(NC(=O)CC1(N)CCCCC1)c1nccs1. The second kappa shape index (κ2) is 5.80. The van der Waals surface area contributed by atoms with Crippen LogP contribution in [0.4, 0.5) is 0 Å². The number of rotatable bonds is 4. The summed E-state index contributed by atoms with van der Waals surface area (Å²) in [7, 11) is 0. The Hall–Kier alpha value is -0.940. The van der Waals surface area contributed by atoms with Crippen LogP contribution in [0, 0.1) is 0 Å². The molecule has 1 aliphatic rings. The number of nitrogens with zero attached hydrogens (tertiary/aromatic N) is 1. The number of hydrogen-bond donors (Lipinski definition) is 2. The zero-order valence-electron chi connectivity index (χ0n) is 10.8. The van der Waals surface area contributed by atoms with Gasteiger partial charge in [-0.05, 0) is 19.8 Å². The minimum atomic E-state index is -0.287. The standard InChI is InChI=1S/C13H21N3OS/c1-10(12-15-7-8-18-12)16-11(17)9-13(14)5-3-2-4-6-13/h7-8,10H,2-6,9,14H2,1H3,(H,16,17). The second-order valence-electron chi connectivity index (χ2n) is 5.26. The Kier molecular flexibility index (Phi) is 4.35. The highest BCUT2D eigenvalue weighted by Crippen LogP contribution is 2.28. The van der Waals surface area contributed by atoms with Crippen molar-refractivity contribution in [3.8, 4) is 0 Å². The van der Waals surface area contributed by atoms with Crippen molar-refractivity contribution in [2.24, 2.45) is 5.73 Å². The number of carbonyl (C=O) groups excluding carboxylic acids is 1. The summed E-state index contributed by atoms with van der Waals surface area (Å²) < 4.78 is 0. The van der Waals surface area contributed by atoms with Gasteiger partial charge in [-0.1, -0.05) is 19.3 Å². The van der Waals surface area contributed by atoms with Crippen molar-refractivity contribution in [2.75, 3.05) is 0 Å². The first kappa shape index (κ1) is 13.5. The molecule has 100 valence electrons. The maximum atomic E-state index is 12.0. The van der Waals surface area contributed by atoms with Crippen LogP contribution in [0.5, 0.6) is 0 Å². The Morgan fingerprint density at radius 2 is 2.28 bits per heavy atom. The van der Waals surface area contributed by atoms with E-state index in [0.717, 1.165) is 30.7 Å². The Morgan fingerprint density at radius 1 is 1.56 bits per heavy atom. The molecule has 1 aromatic heterocycles. The van der Waals surface area contributed by atoms with Gasteiger partial charge in [-0.25, -0.2) is 4.98 Å². The normalized spacial score (nSPS) is 20.3. The van der Waals surface area contributed by atoms with Crippen LogP contribution in [0.3, 0.4) is 0 Å². The molecule has 1 aromatic rings. The number of nitrogens with two attached hydrogens (primary N) is 1. The summed E-state index contributed by atoms with van der Waals surface area (Å²) in [5.41, 5.74) is 5.99. The van der Waals surface area contributed by atoms with Gasteiger partial charge in [0.1, 0.15) is 5.01 Å². The highest BCUT2D eigenvalue weighted by atomic mass is 32.1. The summed E-state index contributed by atoms with van der Waals surface area (Å²) >= 11 is 1.56. The molecule has 0 saturated heterocycles. The van der Waals surface area contributed by atoms with Crippen LogP contribution < -0.4 is 11.1 Å². The molecule has 0 bridgehead atoms. The highest BCUT2D eigenvalue weighted by molar-refractivity contribution is 7.09. The lowest BCUT2D eigenvalue weighted by atomic mass is 9.80. The molecule has 0 aliphatic heterocycles. The molecule has 1 aliphatic carbocycles. The lowest BCUT2D eigenvalue weighted by Crippen LogP contribution is -2.46. The molecule has 5 heteroatoms. The molecule has 18 heavy (non-hydrogen) atoms. The van der Waals surface area contributed by atoms with E-state index in [1.165, 1.54) is 6.42 Å². The van der Waals surface area contributed by atoms with Crippen molar-refractivity contribution in [1.29, 1.82) is 0 Å². The first-order chi connectivity index (χ1) is 8.59. The van der Waals surface area contributed by atoms with Crippen molar-refractivity contribution in [2.45, 2.75) is 57.0 Å². The third kappa shape index (κ3) is 3.53. The smallest absolute Gasteiger partial charge is 0.222 e. The molecule has 1 unspecified atom stereocenters. The molecule has 1 fully saturated rings. The maximum Gasteiger partial charge on any atom is 0.222 e. The Balaban J connectivity index is 1.84. The third-order valence-electron chi connectivity index (χ3n) is 3.56. The largest absolute Gasteiger partial charge is 0.347 e. The number of nitrogens with one attached hydrogen (secondary N) is 1. The Labute approximate surface area is 112 Å². The minimum Gasteiger partial charge on any atom is -0.347 e. The Morgan fingerprint density at radius 3 is 2.89 bits per heavy atom. The fourth-order valence-electron chi connectivity index (χ4n) is 2.56. The van der Waals surface area contributed by atoms with Gasteiger partial charge in [-0.2, -0.15) is 0 Å². The van der Waals surface area contributed by atoms with Gasteiger partial charge in [0.05, 0.1) is 6.04 Å². The lowest BCUT2D eigenvalue weighted by Gasteiger charge is -2.33. The molecule has 2 rings (SSSR count). The first-order valence-corrected chi connectivity index (χ1v) is 7.45. The van der Waals surface area contributed by atoms with E-state index in [1.807, 2.05) is 12.3 Å². The van der Waals surface area contributed by atoms with Crippen molar-refractivity contribution in [3.63, 3.8) is 0 Å². The predicted octanol–water partition coefficient (Wildman–Crippen LogP) is 2.37. The molecular weight excluding hydrogens is 246 g/mol. The van der Waals surface area contributed by atoms with E-state index in [9.17, 15) is 4.79 Å². The molecule has 1 saturated carbocycles. The number of thiazole rings is 1. The van der Waals surface area contributed by atoms with Gasteiger partial charge in [0.2, 0.25) is 5.91 Å². The summed E-state index contributed by atoms with van der Waals surface area (Å²) in [6.07, 6.45) is 7.66. The van der Waals surface area contributed by atoms with Gasteiger partial charge >= 0.3 is 0 Å². The molecule has 1 heterocycles. The average Bonchev–Trinajstić information content (AvgIpc) is 2.82. The number of carbonyl (C=O) groups is 1. The van der Waals surface area contributed by atoms with Crippen molar-refractivity contribution in [1.82, 2.24) is 10.3 Å². The maximum absolute atomic E-state index is 12.0. The predicted molar refractivity (Wildman–Crippen MR) is 73.3 cm³/mol. The summed E-state index contributed by atoms with van der Waals surface area (Å²) in [4.78, 5) is 16.2. The molecule has 1 amide bonds. The minimum absolute atomic E-state index is 0.0234. The van der Waals surface area contributed by atoms with Crippen LogP contribution in [-0.4, -0.2) is 16.4 Å². The van der Waals surface area contributed by atoms with Gasteiger partial charge in [0.15, 0.2) is 0 Å². The van der Waals surface area contributed by atoms with Gasteiger partial charge < -0.3 is 11.1 Å². The first-order valence-electron chi connectivity index (χ1n) is 6.57. The molecule has 0 spiro atoms. The third-order valence-corrected chi connectivity index (χ3v) is 4.52. The molecule has 0 aromatic carbocycles. The van der Waals surface area contributed by atoms with Crippen LogP contribution in [0.25, 0.3) is 0 Å². The fraction of sp³-hybridized carbons (Fsp3) is 0.692. The summed E-state index contributed by atoms with van der Waals surface area (Å²) in [6.45, 7) is 1.96. The van der Waals surface area contributed by atoms with Crippen LogP contribution in [-0.2, 0) is 4.79 Å². The van der Waals surface area contributed by atoms with Crippen LogP contribution in [0.1, 0.15) is 56.5 Å². The molecule has 1 atom stereocenters. The molecule has 3 N–H and O–H groups in total. The molecule has 4 nitrogen and oxygen atoms in total. The van der Waals surface area contributed by atoms with Crippen LogP contribution >= 0.6 is 11.3 Å². The Bertz CT molecular complexity index is 385. The van der Waals surface area contributed by atoms with Crippen molar-refractivity contribution >= 4 is 17.2 Å². The van der Waals surface area contributed by atoms with Crippen molar-refractivity contribution in [3.05, 3.63) is 16.6 Å². The lowest BCUT2D eigenvalue weighted by molar-refractivity contribution is -0.123. The number of amides is 1. The van der Waals surface area contributed by atoms with Crippen molar-refractivity contribution < 1.29 is 4.79 Å². The average molecular weight is 267 g/mol. The zero-order chi connectivity index (χ0) is 13.0. The van der Waals surface area contributed by atoms with E-state index in [0.29, 0.717) is 6.42 Å². The van der Waals surface area contributed by atoms with E-state index in [1.54, 1.807) is 17.5 Å². The van der Waals surface area contributed by atoms with Crippen LogP contribution in [0.15, 0.2) is 11.6 Å². The number of hydrogen-bond acceptors (Lipinski definition) is 4. The molecular formula is C13H21N3OS. The van der Waals surface area contributed by atoms with Gasteiger partial charge in [0, 0.05) is 23.5 Å². The molecule has 0 radical (unpaired) electrons. The van der Waals surface area contributed by atoms with Gasteiger partial charge in [0.25, 0.3) is 0 Å². The van der Waals surface area contributed by atoms with E-state index in [2.05, 4.69) is 10.3 Å². The van der Waals surface area contributed by atoms with Gasteiger partial charge in [-0.15, -0.1) is 11.3 Å². The summed E-state index contributed by atoms with van der Waals surface area (Å²) in [5.74, 6) is 0.0436. The monoisotopic (exact) mass is 267 g/mol. The summed E-state index contributed by atoms with van der Waals surface area (Å²) in [5, 5.41) is 5.85. The van der Waals surface area contributed by atoms with Crippen LogP contribution in [0.2, 0.25) is 0 Å². The second-order valence-corrected chi connectivity index (χ2v) is 6.19. The van der Waals surface area contributed by atoms with Gasteiger partial charge in [-0.3, -0.25) is 4.79 Å². The summed E-state index contributed by atoms with van der Waals surface area (Å²) in [6, 6.07) is -0.0234. The highest BCUT2D eigenvalue weighted by Gasteiger charge is 2.30.